The first kappa shape index (κ1) is 16.4. The highest BCUT2D eigenvalue weighted by molar-refractivity contribution is 7.67. The van der Waals surface area contributed by atoms with E-state index >= 15 is 0 Å². The van der Waals surface area contributed by atoms with E-state index in [9.17, 15) is 4.57 Å². The minimum absolute atomic E-state index is 0.804. The lowest BCUT2D eigenvalue weighted by Crippen LogP contribution is -2.37. The molecule has 0 atom stereocenters. The Balaban J connectivity index is 3.37. The van der Waals surface area contributed by atoms with E-state index in [1.54, 1.807) is 0 Å². The van der Waals surface area contributed by atoms with Crippen molar-refractivity contribution in [1.29, 1.82) is 0 Å². The van der Waals surface area contributed by atoms with Gasteiger partial charge in [0.05, 0.1) is 0 Å². The van der Waals surface area contributed by atoms with Crippen LogP contribution in [0.5, 0.6) is 0 Å². The quantitative estimate of drug-likeness (QED) is 0.715. The third-order valence-electron chi connectivity index (χ3n) is 3.56. The van der Waals surface area contributed by atoms with Gasteiger partial charge in [0.15, 0.2) is 0 Å². The summed E-state index contributed by atoms with van der Waals surface area (Å²) in [4.78, 5) is 0. The van der Waals surface area contributed by atoms with Crippen molar-refractivity contribution in [1.82, 2.24) is 9.34 Å². The van der Waals surface area contributed by atoms with Crippen LogP contribution in [0.4, 0.5) is 0 Å². The lowest BCUT2D eigenvalue weighted by atomic mass is 10.2. The topological polar surface area (TPSA) is 23.6 Å². The minimum atomic E-state index is -2.65. The molecule has 1 aromatic rings. The van der Waals surface area contributed by atoms with Crippen molar-refractivity contribution in [2.45, 2.75) is 34.6 Å². The smallest absolute Gasteiger partial charge is 0.245 e. The second kappa shape index (κ2) is 7.23. The molecule has 1 rings (SSSR count). The van der Waals surface area contributed by atoms with Crippen molar-refractivity contribution in [2.75, 3.05) is 26.2 Å². The van der Waals surface area contributed by atoms with Crippen LogP contribution in [0.1, 0.15) is 33.3 Å². The zero-order chi connectivity index (χ0) is 14.5. The van der Waals surface area contributed by atoms with Crippen LogP contribution < -0.4 is 5.30 Å². The van der Waals surface area contributed by atoms with Gasteiger partial charge in [-0.3, -0.25) is 4.57 Å². The Kier molecular flexibility index (Phi) is 6.25. The van der Waals surface area contributed by atoms with Gasteiger partial charge < -0.3 is 0 Å². The molecule has 0 aliphatic rings. The molecule has 108 valence electrons. The molecule has 4 heteroatoms. The van der Waals surface area contributed by atoms with Crippen LogP contribution in [0.3, 0.4) is 0 Å². The average Bonchev–Trinajstić information content (AvgIpc) is 2.41. The molecule has 0 aliphatic carbocycles. The maximum absolute atomic E-state index is 13.7. The zero-order valence-corrected chi connectivity index (χ0v) is 13.8. The van der Waals surface area contributed by atoms with E-state index in [4.69, 9.17) is 0 Å². The molecule has 0 N–H and O–H groups in total. The van der Waals surface area contributed by atoms with Crippen molar-refractivity contribution in [3.05, 3.63) is 29.8 Å². The predicted octanol–water partition coefficient (Wildman–Crippen LogP) is 3.50. The standard InChI is InChI=1S/C15H27N2OP/c1-6-16(7-2)19(18,17(8-3)9-4)15-12-10-11-14(5)13-15/h10-13H,6-9H2,1-5H3. The molecule has 1 aromatic carbocycles. The maximum atomic E-state index is 13.7. The lowest BCUT2D eigenvalue weighted by molar-refractivity contribution is 0.369. The van der Waals surface area contributed by atoms with Gasteiger partial charge in [-0.1, -0.05) is 45.4 Å². The molecule has 0 radical (unpaired) electrons. The van der Waals surface area contributed by atoms with Crippen LogP contribution in [-0.2, 0) is 4.57 Å². The largest absolute Gasteiger partial charge is 0.284 e. The van der Waals surface area contributed by atoms with Gasteiger partial charge in [0.1, 0.15) is 0 Å². The van der Waals surface area contributed by atoms with E-state index in [0.29, 0.717) is 0 Å². The van der Waals surface area contributed by atoms with Gasteiger partial charge in [-0.15, -0.1) is 0 Å². The number of nitrogens with zero attached hydrogens (tertiary/aromatic N) is 2. The Morgan fingerprint density at radius 2 is 1.42 bits per heavy atom. The molecule has 0 aromatic heterocycles. The summed E-state index contributed by atoms with van der Waals surface area (Å²) in [6.45, 7) is 13.6. The van der Waals surface area contributed by atoms with E-state index in [1.165, 1.54) is 0 Å². The van der Waals surface area contributed by atoms with Gasteiger partial charge in [-0.2, -0.15) is 0 Å². The Morgan fingerprint density at radius 3 is 1.79 bits per heavy atom. The highest BCUT2D eigenvalue weighted by Gasteiger charge is 2.35. The van der Waals surface area contributed by atoms with Gasteiger partial charge >= 0.3 is 0 Å². The second-order valence-electron chi connectivity index (χ2n) is 4.66. The Hall–Kier alpha value is -0.630. The van der Waals surface area contributed by atoms with Crippen molar-refractivity contribution in [2.24, 2.45) is 0 Å². The number of hydrogen-bond acceptors (Lipinski definition) is 1. The van der Waals surface area contributed by atoms with Gasteiger partial charge in [0.2, 0.25) is 7.44 Å². The monoisotopic (exact) mass is 282 g/mol. The molecule has 0 fully saturated rings. The fourth-order valence-corrected chi connectivity index (χ4v) is 5.73. The minimum Gasteiger partial charge on any atom is -0.284 e. The molecule has 19 heavy (non-hydrogen) atoms. The van der Waals surface area contributed by atoms with E-state index in [2.05, 4.69) is 56.1 Å². The lowest BCUT2D eigenvalue weighted by Gasteiger charge is -2.37. The van der Waals surface area contributed by atoms with Crippen LogP contribution in [0.2, 0.25) is 0 Å². The zero-order valence-electron chi connectivity index (χ0n) is 12.9. The van der Waals surface area contributed by atoms with Crippen molar-refractivity contribution >= 4 is 12.7 Å². The third-order valence-corrected chi connectivity index (χ3v) is 7.18. The normalized spacial score (nSPS) is 12.4. The summed E-state index contributed by atoms with van der Waals surface area (Å²) >= 11 is 0. The van der Waals surface area contributed by atoms with Crippen molar-refractivity contribution < 1.29 is 4.57 Å². The Labute approximate surface area is 118 Å². The molecule has 0 saturated heterocycles. The average molecular weight is 282 g/mol. The first-order chi connectivity index (χ1) is 9.04. The Bertz CT molecular complexity index is 424. The fourth-order valence-electron chi connectivity index (χ4n) is 2.53. The highest BCUT2D eigenvalue weighted by atomic mass is 31.2. The summed E-state index contributed by atoms with van der Waals surface area (Å²) in [5.41, 5.74) is 1.16. The predicted molar refractivity (Wildman–Crippen MR) is 84.3 cm³/mol. The molecule has 0 aliphatic heterocycles. The fraction of sp³-hybridized carbons (Fsp3) is 0.600. The second-order valence-corrected chi connectivity index (χ2v) is 7.40. The first-order valence-corrected chi connectivity index (χ1v) is 8.83. The SMILES string of the molecule is CCN(CC)P(=O)(c1cccc(C)c1)N(CC)CC. The molecule has 0 heterocycles. The molecule has 0 unspecified atom stereocenters. The van der Waals surface area contributed by atoms with Gasteiger partial charge in [-0.05, 0) is 19.1 Å². The van der Waals surface area contributed by atoms with Crippen LogP contribution >= 0.6 is 7.44 Å². The summed E-state index contributed by atoms with van der Waals surface area (Å²) in [6, 6.07) is 8.13. The van der Waals surface area contributed by atoms with Gasteiger partial charge in [0, 0.05) is 31.5 Å². The van der Waals surface area contributed by atoms with E-state index in [1.807, 2.05) is 12.1 Å². The van der Waals surface area contributed by atoms with Crippen LogP contribution in [-0.4, -0.2) is 35.5 Å². The number of benzene rings is 1. The maximum Gasteiger partial charge on any atom is 0.245 e. The Morgan fingerprint density at radius 1 is 0.947 bits per heavy atom. The van der Waals surface area contributed by atoms with Crippen molar-refractivity contribution in [3.8, 4) is 0 Å². The third kappa shape index (κ3) is 3.28. The van der Waals surface area contributed by atoms with Crippen LogP contribution in [0, 0.1) is 6.92 Å². The molecule has 3 nitrogen and oxygen atoms in total. The molecule has 0 spiro atoms. The van der Waals surface area contributed by atoms with E-state index in [-0.39, 0.29) is 0 Å². The number of aryl methyl sites for hydroxylation is 1. The molecule has 0 saturated carbocycles. The first-order valence-electron chi connectivity index (χ1n) is 7.22. The molecule has 0 bridgehead atoms. The number of rotatable bonds is 7. The van der Waals surface area contributed by atoms with Crippen LogP contribution in [0.25, 0.3) is 0 Å². The van der Waals surface area contributed by atoms with Gasteiger partial charge in [-0.25, -0.2) is 9.34 Å². The van der Waals surface area contributed by atoms with Crippen molar-refractivity contribution in [3.63, 3.8) is 0 Å². The highest BCUT2D eigenvalue weighted by Crippen LogP contribution is 2.51. The van der Waals surface area contributed by atoms with E-state index in [0.717, 1.165) is 37.0 Å². The van der Waals surface area contributed by atoms with E-state index < -0.39 is 7.44 Å². The summed E-state index contributed by atoms with van der Waals surface area (Å²) in [6.07, 6.45) is 0. The summed E-state index contributed by atoms with van der Waals surface area (Å²) in [7, 11) is -2.65. The number of hydrogen-bond donors (Lipinski definition) is 0. The molecular weight excluding hydrogens is 255 g/mol. The molecular formula is C15H27N2OP. The summed E-state index contributed by atoms with van der Waals surface area (Å²) < 4.78 is 18.0. The van der Waals surface area contributed by atoms with Crippen LogP contribution in [0.15, 0.2) is 24.3 Å². The summed E-state index contributed by atoms with van der Waals surface area (Å²) in [5, 5.41) is 0.958. The summed E-state index contributed by atoms with van der Waals surface area (Å²) in [5.74, 6) is 0. The molecule has 0 amide bonds. The van der Waals surface area contributed by atoms with Gasteiger partial charge in [0.25, 0.3) is 0 Å².